The second kappa shape index (κ2) is 8.58. The third-order valence-electron chi connectivity index (χ3n) is 2.89. The average molecular weight is 315 g/mol. The number of ether oxygens (including phenoxy) is 1. The molecule has 1 heterocycles. The molecule has 0 bridgehead atoms. The van der Waals surface area contributed by atoms with Gasteiger partial charge in [-0.05, 0) is 26.2 Å². The van der Waals surface area contributed by atoms with Gasteiger partial charge >= 0.3 is 12.0 Å². The maximum Gasteiger partial charge on any atom is 0.326 e. The first kappa shape index (κ1) is 17.4. The molecule has 0 spiro atoms. The summed E-state index contributed by atoms with van der Waals surface area (Å²) in [4.78, 5) is 28.2. The van der Waals surface area contributed by atoms with Crippen molar-refractivity contribution in [3.8, 4) is 0 Å². The first-order valence-corrected chi connectivity index (χ1v) is 7.55. The van der Waals surface area contributed by atoms with E-state index in [0.29, 0.717) is 24.6 Å². The summed E-state index contributed by atoms with van der Waals surface area (Å²) in [5, 5.41) is 14.6. The number of carbonyl (C=O) groups is 2. The van der Waals surface area contributed by atoms with E-state index in [4.69, 9.17) is 9.84 Å². The number of aryl methyl sites for hydroxylation is 2. The van der Waals surface area contributed by atoms with E-state index in [2.05, 4.69) is 15.6 Å². The topological polar surface area (TPSA) is 101 Å². The number of aromatic nitrogens is 1. The Morgan fingerprint density at radius 2 is 2.19 bits per heavy atom. The Bertz CT molecular complexity index is 490. The molecule has 1 unspecified atom stereocenters. The monoisotopic (exact) mass is 315 g/mol. The molecule has 1 rings (SSSR count). The Hall–Kier alpha value is -1.67. The molecule has 1 atom stereocenters. The molecule has 0 aliphatic heterocycles. The van der Waals surface area contributed by atoms with Crippen molar-refractivity contribution in [1.82, 2.24) is 10.3 Å². The maximum absolute atomic E-state index is 11.8. The van der Waals surface area contributed by atoms with Gasteiger partial charge in [-0.2, -0.15) is 0 Å². The first-order valence-electron chi connectivity index (χ1n) is 6.73. The Morgan fingerprint density at radius 3 is 2.71 bits per heavy atom. The zero-order chi connectivity index (χ0) is 15.8. The van der Waals surface area contributed by atoms with Crippen molar-refractivity contribution in [1.29, 1.82) is 0 Å². The molecule has 1 aromatic heterocycles. The normalized spacial score (nSPS) is 12.0. The van der Waals surface area contributed by atoms with Crippen LogP contribution in [0.25, 0.3) is 0 Å². The largest absolute Gasteiger partial charge is 0.480 e. The second-order valence-electron chi connectivity index (χ2n) is 4.50. The lowest BCUT2D eigenvalue weighted by molar-refractivity contribution is -0.139. The van der Waals surface area contributed by atoms with Crippen LogP contribution >= 0.6 is 11.3 Å². The number of urea groups is 1. The first-order chi connectivity index (χ1) is 9.97. The number of carboxylic acids is 1. The van der Waals surface area contributed by atoms with Crippen LogP contribution < -0.4 is 10.6 Å². The van der Waals surface area contributed by atoms with Gasteiger partial charge in [0.2, 0.25) is 0 Å². The van der Waals surface area contributed by atoms with E-state index in [1.165, 1.54) is 11.3 Å². The van der Waals surface area contributed by atoms with E-state index in [1.807, 2.05) is 13.8 Å². The molecule has 1 aromatic rings. The summed E-state index contributed by atoms with van der Waals surface area (Å²) in [7, 11) is 1.55. The van der Waals surface area contributed by atoms with Gasteiger partial charge in [0.25, 0.3) is 0 Å². The summed E-state index contributed by atoms with van der Waals surface area (Å²) in [6.45, 7) is 4.38. The lowest BCUT2D eigenvalue weighted by Crippen LogP contribution is -2.43. The summed E-state index contributed by atoms with van der Waals surface area (Å²) >= 11 is 1.37. The zero-order valence-corrected chi connectivity index (χ0v) is 13.2. The number of hydrogen-bond donors (Lipinski definition) is 3. The molecule has 3 N–H and O–H groups in total. The smallest absolute Gasteiger partial charge is 0.326 e. The third-order valence-corrected chi connectivity index (χ3v) is 3.82. The number of rotatable bonds is 8. The van der Waals surface area contributed by atoms with E-state index < -0.39 is 18.0 Å². The average Bonchev–Trinajstić information content (AvgIpc) is 2.77. The van der Waals surface area contributed by atoms with Gasteiger partial charge in [-0.1, -0.05) is 6.92 Å². The molecule has 7 nitrogen and oxygen atoms in total. The number of nitrogens with zero attached hydrogens (tertiary/aromatic N) is 1. The van der Waals surface area contributed by atoms with Crippen LogP contribution in [-0.4, -0.2) is 41.8 Å². The van der Waals surface area contributed by atoms with Crippen molar-refractivity contribution in [2.45, 2.75) is 39.2 Å². The SMILES string of the molecule is CCc1nc(NC(=O)NC(CCCOC)C(=O)O)sc1C. The lowest BCUT2D eigenvalue weighted by atomic mass is 10.1. The van der Waals surface area contributed by atoms with Gasteiger partial charge < -0.3 is 15.2 Å². The van der Waals surface area contributed by atoms with E-state index >= 15 is 0 Å². The molecule has 2 amide bonds. The highest BCUT2D eigenvalue weighted by molar-refractivity contribution is 7.15. The fraction of sp³-hybridized carbons (Fsp3) is 0.615. The van der Waals surface area contributed by atoms with Crippen LogP contribution in [0.2, 0.25) is 0 Å². The molecular weight excluding hydrogens is 294 g/mol. The van der Waals surface area contributed by atoms with Crippen molar-refractivity contribution in [3.05, 3.63) is 10.6 Å². The van der Waals surface area contributed by atoms with E-state index in [1.54, 1.807) is 7.11 Å². The highest BCUT2D eigenvalue weighted by atomic mass is 32.1. The summed E-state index contributed by atoms with van der Waals surface area (Å²) < 4.78 is 4.87. The van der Waals surface area contributed by atoms with Crippen LogP contribution in [0.3, 0.4) is 0 Å². The summed E-state index contributed by atoms with van der Waals surface area (Å²) in [6.07, 6.45) is 1.66. The van der Waals surface area contributed by atoms with Crippen LogP contribution in [0.5, 0.6) is 0 Å². The van der Waals surface area contributed by atoms with Crippen molar-refractivity contribution >= 4 is 28.5 Å². The minimum absolute atomic E-state index is 0.313. The molecule has 0 aromatic carbocycles. The number of methoxy groups -OCH3 is 1. The molecule has 0 saturated heterocycles. The number of carboxylic acid groups (broad SMARTS) is 1. The molecule has 0 aliphatic carbocycles. The van der Waals surface area contributed by atoms with Crippen molar-refractivity contribution in [3.63, 3.8) is 0 Å². The van der Waals surface area contributed by atoms with Crippen molar-refractivity contribution < 1.29 is 19.4 Å². The number of hydrogen-bond acceptors (Lipinski definition) is 5. The van der Waals surface area contributed by atoms with Crippen molar-refractivity contribution in [2.75, 3.05) is 19.0 Å². The van der Waals surface area contributed by atoms with Gasteiger partial charge in [0.15, 0.2) is 5.13 Å². The number of carbonyl (C=O) groups excluding carboxylic acids is 1. The number of nitrogens with one attached hydrogen (secondary N) is 2. The summed E-state index contributed by atoms with van der Waals surface area (Å²) in [5.41, 5.74) is 0.935. The maximum atomic E-state index is 11.8. The molecule has 8 heteroatoms. The number of aliphatic carboxylic acids is 1. The van der Waals surface area contributed by atoms with Gasteiger partial charge in [-0.15, -0.1) is 11.3 Å². The third kappa shape index (κ3) is 5.68. The zero-order valence-electron chi connectivity index (χ0n) is 12.4. The molecule has 21 heavy (non-hydrogen) atoms. The Kier molecular flexibility index (Phi) is 7.10. The molecular formula is C13H21N3O4S. The van der Waals surface area contributed by atoms with Gasteiger partial charge in [0.05, 0.1) is 5.69 Å². The van der Waals surface area contributed by atoms with E-state index in [9.17, 15) is 9.59 Å². The minimum Gasteiger partial charge on any atom is -0.480 e. The molecule has 0 radical (unpaired) electrons. The Morgan fingerprint density at radius 1 is 1.48 bits per heavy atom. The highest BCUT2D eigenvalue weighted by Gasteiger charge is 2.20. The summed E-state index contributed by atoms with van der Waals surface area (Å²) in [5.74, 6) is -1.06. The van der Waals surface area contributed by atoms with E-state index in [-0.39, 0.29) is 0 Å². The predicted molar refractivity (Wildman–Crippen MR) is 80.9 cm³/mol. The highest BCUT2D eigenvalue weighted by Crippen LogP contribution is 2.22. The van der Waals surface area contributed by atoms with Crippen molar-refractivity contribution in [2.24, 2.45) is 0 Å². The van der Waals surface area contributed by atoms with Crippen LogP contribution in [0.1, 0.15) is 30.3 Å². The van der Waals surface area contributed by atoms with Gasteiger partial charge in [0, 0.05) is 18.6 Å². The second-order valence-corrected chi connectivity index (χ2v) is 5.70. The van der Waals surface area contributed by atoms with Crippen LogP contribution in [-0.2, 0) is 16.0 Å². The molecule has 0 saturated carbocycles. The number of thiazole rings is 1. The van der Waals surface area contributed by atoms with Crippen LogP contribution in [0.4, 0.5) is 9.93 Å². The van der Waals surface area contributed by atoms with Gasteiger partial charge in [0.1, 0.15) is 6.04 Å². The summed E-state index contributed by atoms with van der Waals surface area (Å²) in [6, 6.07) is -1.50. The van der Waals surface area contributed by atoms with Crippen LogP contribution in [0, 0.1) is 6.92 Å². The molecule has 0 fully saturated rings. The van der Waals surface area contributed by atoms with Gasteiger partial charge in [-0.25, -0.2) is 14.6 Å². The number of anilines is 1. The standard InChI is InChI=1S/C13H21N3O4S/c1-4-9-8(2)21-13(15-9)16-12(19)14-10(11(17)18)6-5-7-20-3/h10H,4-7H2,1-3H3,(H,17,18)(H2,14,15,16,19). The van der Waals surface area contributed by atoms with E-state index in [0.717, 1.165) is 17.0 Å². The fourth-order valence-electron chi connectivity index (χ4n) is 1.79. The van der Waals surface area contributed by atoms with Crippen LogP contribution in [0.15, 0.2) is 0 Å². The Labute approximate surface area is 127 Å². The molecule has 0 aliphatic rings. The predicted octanol–water partition coefficient (Wildman–Crippen LogP) is 2.02. The molecule has 118 valence electrons. The van der Waals surface area contributed by atoms with Gasteiger partial charge in [-0.3, -0.25) is 5.32 Å². The minimum atomic E-state index is -1.06. The lowest BCUT2D eigenvalue weighted by Gasteiger charge is -2.14. The quantitative estimate of drug-likeness (QED) is 0.637. The fourth-order valence-corrected chi connectivity index (χ4v) is 2.69. The Balaban J connectivity index is 2.54. The number of amides is 2.